The second-order valence-corrected chi connectivity index (χ2v) is 6.94. The molecule has 8 heteroatoms. The third kappa shape index (κ3) is 4.28. The fourth-order valence-corrected chi connectivity index (χ4v) is 3.53. The van der Waals surface area contributed by atoms with Crippen molar-refractivity contribution in [3.63, 3.8) is 0 Å². The fraction of sp³-hybridized carbons (Fsp3) is 0.526. The zero-order valence-electron chi connectivity index (χ0n) is 15.6. The van der Waals surface area contributed by atoms with Crippen LogP contribution in [-0.4, -0.2) is 78.3 Å². The second-order valence-electron chi connectivity index (χ2n) is 6.94. The Morgan fingerprint density at radius 3 is 2.37 bits per heavy atom. The summed E-state index contributed by atoms with van der Waals surface area (Å²) in [6, 6.07) is 7.93. The Kier molecular flexibility index (Phi) is 5.35. The molecule has 2 aliphatic heterocycles. The van der Waals surface area contributed by atoms with Gasteiger partial charge in [0.25, 0.3) is 5.91 Å². The third-order valence-corrected chi connectivity index (χ3v) is 5.08. The van der Waals surface area contributed by atoms with Gasteiger partial charge in [-0.05, 0) is 24.3 Å². The van der Waals surface area contributed by atoms with E-state index in [-0.39, 0.29) is 5.91 Å². The maximum Gasteiger partial charge on any atom is 0.253 e. The van der Waals surface area contributed by atoms with Crippen LogP contribution in [0.15, 0.2) is 28.8 Å². The number of ether oxygens (including phenoxy) is 1. The number of benzene rings is 1. The van der Waals surface area contributed by atoms with E-state index in [1.807, 2.05) is 29.2 Å². The normalized spacial score (nSPS) is 18.7. The molecule has 144 valence electrons. The lowest BCUT2D eigenvalue weighted by Gasteiger charge is -2.34. The van der Waals surface area contributed by atoms with Crippen LogP contribution in [0.1, 0.15) is 22.1 Å². The summed E-state index contributed by atoms with van der Waals surface area (Å²) in [6.07, 6.45) is 0. The standard InChI is InChI=1S/C19H25N5O3/c1-15-20-18(21-27-15)14-22-6-8-24(9-7-22)19(25)16-2-4-17(5-3-16)23-10-12-26-13-11-23/h2-5H,6-14H2,1H3. The topological polar surface area (TPSA) is 74.9 Å². The molecule has 0 radical (unpaired) electrons. The summed E-state index contributed by atoms with van der Waals surface area (Å²) in [4.78, 5) is 23.5. The van der Waals surface area contributed by atoms with Crippen molar-refractivity contribution in [2.75, 3.05) is 57.4 Å². The highest BCUT2D eigenvalue weighted by Crippen LogP contribution is 2.18. The predicted molar refractivity (Wildman–Crippen MR) is 99.7 cm³/mol. The Balaban J connectivity index is 1.31. The van der Waals surface area contributed by atoms with E-state index >= 15 is 0 Å². The Bertz CT molecular complexity index is 762. The average molecular weight is 371 g/mol. The minimum atomic E-state index is 0.0959. The average Bonchev–Trinajstić information content (AvgIpc) is 3.13. The molecule has 0 aliphatic carbocycles. The quantitative estimate of drug-likeness (QED) is 0.799. The molecule has 0 bridgehead atoms. The van der Waals surface area contributed by atoms with E-state index < -0.39 is 0 Å². The number of carbonyl (C=O) groups excluding carboxylic acids is 1. The Morgan fingerprint density at radius 1 is 1.04 bits per heavy atom. The molecule has 0 atom stereocenters. The highest BCUT2D eigenvalue weighted by atomic mass is 16.5. The molecular formula is C19H25N5O3. The zero-order chi connectivity index (χ0) is 18.6. The number of nitrogens with zero attached hydrogens (tertiary/aromatic N) is 5. The second kappa shape index (κ2) is 8.06. The van der Waals surface area contributed by atoms with Crippen LogP contribution in [0.4, 0.5) is 5.69 Å². The van der Waals surface area contributed by atoms with Gasteiger partial charge in [0.05, 0.1) is 19.8 Å². The molecule has 1 amide bonds. The van der Waals surface area contributed by atoms with E-state index in [0.29, 0.717) is 31.3 Å². The summed E-state index contributed by atoms with van der Waals surface area (Å²) in [5.74, 6) is 1.38. The van der Waals surface area contributed by atoms with Gasteiger partial charge in [-0.2, -0.15) is 4.98 Å². The van der Waals surface area contributed by atoms with Crippen LogP contribution in [0.3, 0.4) is 0 Å². The van der Waals surface area contributed by atoms with Gasteiger partial charge in [-0.1, -0.05) is 5.16 Å². The van der Waals surface area contributed by atoms with Crippen molar-refractivity contribution in [2.24, 2.45) is 0 Å². The molecule has 0 saturated carbocycles. The van der Waals surface area contributed by atoms with Crippen LogP contribution in [-0.2, 0) is 11.3 Å². The summed E-state index contributed by atoms with van der Waals surface area (Å²) in [6.45, 7) is 8.80. The van der Waals surface area contributed by atoms with Gasteiger partial charge in [0.2, 0.25) is 5.89 Å². The number of aryl methyl sites for hydroxylation is 1. The van der Waals surface area contributed by atoms with Crippen molar-refractivity contribution in [1.82, 2.24) is 19.9 Å². The predicted octanol–water partition coefficient (Wildman–Crippen LogP) is 1.17. The van der Waals surface area contributed by atoms with Crippen LogP contribution >= 0.6 is 0 Å². The number of anilines is 1. The van der Waals surface area contributed by atoms with Gasteiger partial charge in [0.15, 0.2) is 5.82 Å². The number of rotatable bonds is 4. The number of aromatic nitrogens is 2. The van der Waals surface area contributed by atoms with Crippen LogP contribution in [0.25, 0.3) is 0 Å². The SMILES string of the molecule is Cc1nc(CN2CCN(C(=O)c3ccc(N4CCOCC4)cc3)CC2)no1. The molecule has 2 aromatic rings. The van der Waals surface area contributed by atoms with Crippen LogP contribution < -0.4 is 4.90 Å². The lowest BCUT2D eigenvalue weighted by molar-refractivity contribution is 0.0624. The zero-order valence-corrected chi connectivity index (χ0v) is 15.6. The lowest BCUT2D eigenvalue weighted by Crippen LogP contribution is -2.48. The molecule has 3 heterocycles. The van der Waals surface area contributed by atoms with Crippen molar-refractivity contribution >= 4 is 11.6 Å². The molecule has 8 nitrogen and oxygen atoms in total. The van der Waals surface area contributed by atoms with Crippen LogP contribution in [0.5, 0.6) is 0 Å². The smallest absolute Gasteiger partial charge is 0.253 e. The van der Waals surface area contributed by atoms with Crippen molar-refractivity contribution < 1.29 is 14.1 Å². The Hall–Kier alpha value is -2.45. The van der Waals surface area contributed by atoms with E-state index in [9.17, 15) is 4.79 Å². The molecule has 0 spiro atoms. The first-order valence-electron chi connectivity index (χ1n) is 9.42. The van der Waals surface area contributed by atoms with Crippen molar-refractivity contribution in [3.8, 4) is 0 Å². The number of hydrogen-bond donors (Lipinski definition) is 0. The number of morpholine rings is 1. The monoisotopic (exact) mass is 371 g/mol. The van der Waals surface area contributed by atoms with Crippen molar-refractivity contribution in [3.05, 3.63) is 41.5 Å². The van der Waals surface area contributed by atoms with Gasteiger partial charge in [0, 0.05) is 57.4 Å². The Morgan fingerprint density at radius 2 is 1.74 bits per heavy atom. The van der Waals surface area contributed by atoms with Crippen molar-refractivity contribution in [2.45, 2.75) is 13.5 Å². The molecule has 0 N–H and O–H groups in total. The Labute approximate surface area is 158 Å². The molecule has 2 fully saturated rings. The number of carbonyl (C=O) groups is 1. The molecule has 27 heavy (non-hydrogen) atoms. The molecule has 0 unspecified atom stereocenters. The van der Waals surface area contributed by atoms with E-state index in [4.69, 9.17) is 9.26 Å². The highest BCUT2D eigenvalue weighted by Gasteiger charge is 2.23. The van der Waals surface area contributed by atoms with E-state index in [1.54, 1.807) is 6.92 Å². The minimum Gasteiger partial charge on any atom is -0.378 e. The molecule has 1 aromatic carbocycles. The largest absolute Gasteiger partial charge is 0.378 e. The first kappa shape index (κ1) is 17.9. The van der Waals surface area contributed by atoms with E-state index in [2.05, 4.69) is 19.9 Å². The minimum absolute atomic E-state index is 0.0959. The number of hydrogen-bond acceptors (Lipinski definition) is 7. The summed E-state index contributed by atoms with van der Waals surface area (Å²) in [5, 5.41) is 3.94. The molecule has 1 aromatic heterocycles. The van der Waals surface area contributed by atoms with Gasteiger partial charge in [0.1, 0.15) is 0 Å². The summed E-state index contributed by atoms with van der Waals surface area (Å²) < 4.78 is 10.4. The maximum atomic E-state index is 12.8. The molecule has 2 saturated heterocycles. The first-order valence-corrected chi connectivity index (χ1v) is 9.42. The first-order chi connectivity index (χ1) is 13.2. The van der Waals surface area contributed by atoms with Crippen LogP contribution in [0.2, 0.25) is 0 Å². The van der Waals surface area contributed by atoms with Crippen molar-refractivity contribution in [1.29, 1.82) is 0 Å². The third-order valence-electron chi connectivity index (χ3n) is 5.08. The number of amides is 1. The van der Waals surface area contributed by atoms with Gasteiger partial charge >= 0.3 is 0 Å². The number of piperazine rings is 1. The maximum absolute atomic E-state index is 12.8. The van der Waals surface area contributed by atoms with Gasteiger partial charge in [-0.25, -0.2) is 0 Å². The summed E-state index contributed by atoms with van der Waals surface area (Å²) >= 11 is 0. The molecular weight excluding hydrogens is 346 g/mol. The molecule has 2 aliphatic rings. The highest BCUT2D eigenvalue weighted by molar-refractivity contribution is 5.94. The van der Waals surface area contributed by atoms with Crippen LogP contribution in [0, 0.1) is 6.92 Å². The van der Waals surface area contributed by atoms with E-state index in [1.165, 1.54) is 0 Å². The molecule has 4 rings (SSSR count). The van der Waals surface area contributed by atoms with E-state index in [0.717, 1.165) is 50.6 Å². The van der Waals surface area contributed by atoms with Gasteiger partial charge < -0.3 is 19.1 Å². The fourth-order valence-electron chi connectivity index (χ4n) is 3.53. The lowest BCUT2D eigenvalue weighted by atomic mass is 10.1. The summed E-state index contributed by atoms with van der Waals surface area (Å²) in [7, 11) is 0. The summed E-state index contributed by atoms with van der Waals surface area (Å²) in [5.41, 5.74) is 1.89. The van der Waals surface area contributed by atoms with Gasteiger partial charge in [-0.3, -0.25) is 9.69 Å². The van der Waals surface area contributed by atoms with Gasteiger partial charge in [-0.15, -0.1) is 0 Å².